The molecule has 0 aliphatic carbocycles. The van der Waals surface area contributed by atoms with Gasteiger partial charge in [-0.15, -0.1) is 0 Å². The third-order valence-corrected chi connectivity index (χ3v) is 4.76. The molecule has 2 aliphatic heterocycles. The molecule has 3 N–H and O–H groups in total. The van der Waals surface area contributed by atoms with Gasteiger partial charge in [-0.3, -0.25) is 4.79 Å². The van der Waals surface area contributed by atoms with Crippen LogP contribution in [0.3, 0.4) is 0 Å². The van der Waals surface area contributed by atoms with E-state index in [1.807, 2.05) is 17.0 Å². The zero-order valence-corrected chi connectivity index (χ0v) is 13.6. The molecule has 7 heteroatoms. The summed E-state index contributed by atoms with van der Waals surface area (Å²) in [5.74, 6) is 1.12. The summed E-state index contributed by atoms with van der Waals surface area (Å²) in [6.45, 7) is 4.01. The summed E-state index contributed by atoms with van der Waals surface area (Å²) in [5, 5.41) is 9.36. The second kappa shape index (κ2) is 7.19. The minimum absolute atomic E-state index is 0.0129. The van der Waals surface area contributed by atoms with Gasteiger partial charge < -0.3 is 20.9 Å². The van der Waals surface area contributed by atoms with Crippen molar-refractivity contribution in [1.82, 2.24) is 20.9 Å². The molecule has 1 aromatic carbocycles. The van der Waals surface area contributed by atoms with Crippen molar-refractivity contribution in [1.29, 1.82) is 0 Å². The molecule has 0 radical (unpaired) electrons. The molecule has 23 heavy (non-hydrogen) atoms. The number of fused-ring (bicyclic) bond motifs is 1. The molecule has 3 rings (SSSR count). The Morgan fingerprint density at radius 1 is 1.13 bits per heavy atom. The Bertz CT molecular complexity index is 566. The number of amides is 3. The van der Waals surface area contributed by atoms with E-state index in [-0.39, 0.29) is 18.5 Å². The van der Waals surface area contributed by atoms with E-state index in [0.29, 0.717) is 23.4 Å². The number of hydrogen-bond acceptors (Lipinski definition) is 3. The van der Waals surface area contributed by atoms with Gasteiger partial charge in [-0.2, -0.15) is 0 Å². The Kier molecular flexibility index (Phi) is 5.03. The fraction of sp³-hybridized carbons (Fsp3) is 0.500. The van der Waals surface area contributed by atoms with E-state index in [2.05, 4.69) is 16.0 Å². The topological polar surface area (TPSA) is 73.5 Å². The van der Waals surface area contributed by atoms with Gasteiger partial charge >= 0.3 is 6.03 Å². The highest BCUT2D eigenvalue weighted by molar-refractivity contribution is 6.30. The molecule has 2 aliphatic rings. The summed E-state index contributed by atoms with van der Waals surface area (Å²) >= 11 is 5.81. The molecule has 124 valence electrons. The van der Waals surface area contributed by atoms with E-state index in [9.17, 15) is 9.59 Å². The van der Waals surface area contributed by atoms with Crippen molar-refractivity contribution < 1.29 is 9.59 Å². The number of urea groups is 1. The Hall–Kier alpha value is -1.79. The van der Waals surface area contributed by atoms with E-state index in [1.165, 1.54) is 0 Å². The van der Waals surface area contributed by atoms with Crippen molar-refractivity contribution in [2.75, 3.05) is 32.7 Å². The fourth-order valence-corrected chi connectivity index (χ4v) is 3.30. The van der Waals surface area contributed by atoms with Gasteiger partial charge in [0.2, 0.25) is 5.91 Å². The first-order valence-corrected chi connectivity index (χ1v) is 8.24. The smallest absolute Gasteiger partial charge is 0.315 e. The second-order valence-corrected chi connectivity index (χ2v) is 6.58. The van der Waals surface area contributed by atoms with Crippen LogP contribution in [0, 0.1) is 11.8 Å². The van der Waals surface area contributed by atoms with Crippen LogP contribution in [0.15, 0.2) is 24.3 Å². The fourth-order valence-electron chi connectivity index (χ4n) is 3.17. The molecule has 0 spiro atoms. The molecule has 6 nitrogen and oxygen atoms in total. The normalized spacial score (nSPS) is 22.7. The van der Waals surface area contributed by atoms with Crippen molar-refractivity contribution in [3.63, 3.8) is 0 Å². The lowest BCUT2D eigenvalue weighted by molar-refractivity contribution is -0.129. The molecule has 2 atom stereocenters. The standard InChI is InChI=1S/C16H21ClN4O2/c17-14-3-1-11(2-4-14)5-19-16(23)20-8-15(22)21-9-12-6-18-7-13(12)10-21/h1-4,12-13,18H,5-10H2,(H2,19,20,23)/t12-,13+. The monoisotopic (exact) mass is 336 g/mol. The number of halogens is 1. The molecule has 0 saturated carbocycles. The highest BCUT2D eigenvalue weighted by Gasteiger charge is 2.37. The van der Waals surface area contributed by atoms with E-state index in [1.54, 1.807) is 12.1 Å². The molecule has 2 heterocycles. The zero-order chi connectivity index (χ0) is 16.2. The number of nitrogens with zero attached hydrogens (tertiary/aromatic N) is 1. The minimum Gasteiger partial charge on any atom is -0.340 e. The van der Waals surface area contributed by atoms with Gasteiger partial charge in [0, 0.05) is 37.7 Å². The van der Waals surface area contributed by atoms with Gasteiger partial charge in [0.1, 0.15) is 0 Å². The van der Waals surface area contributed by atoms with Gasteiger partial charge in [-0.1, -0.05) is 23.7 Å². The van der Waals surface area contributed by atoms with E-state index >= 15 is 0 Å². The highest BCUT2D eigenvalue weighted by Crippen LogP contribution is 2.25. The Labute approximate surface area is 140 Å². The summed E-state index contributed by atoms with van der Waals surface area (Å²) in [6, 6.07) is 6.92. The minimum atomic E-state index is -0.339. The molecular formula is C16H21ClN4O2. The lowest BCUT2D eigenvalue weighted by atomic mass is 10.0. The highest BCUT2D eigenvalue weighted by atomic mass is 35.5. The predicted octanol–water partition coefficient (Wildman–Crippen LogP) is 0.817. The molecule has 0 aromatic heterocycles. The van der Waals surface area contributed by atoms with Gasteiger partial charge in [0.25, 0.3) is 0 Å². The summed E-state index contributed by atoms with van der Waals surface area (Å²) in [7, 11) is 0. The van der Waals surface area contributed by atoms with Crippen molar-refractivity contribution >= 4 is 23.5 Å². The summed E-state index contributed by atoms with van der Waals surface area (Å²) in [4.78, 5) is 25.8. The quantitative estimate of drug-likeness (QED) is 0.762. The number of carbonyl (C=O) groups is 2. The lowest BCUT2D eigenvalue weighted by Crippen LogP contribution is -2.43. The molecule has 1 aromatic rings. The number of hydrogen-bond donors (Lipinski definition) is 3. The zero-order valence-electron chi connectivity index (χ0n) is 12.8. The summed E-state index contributed by atoms with van der Waals surface area (Å²) < 4.78 is 0. The number of nitrogens with one attached hydrogen (secondary N) is 3. The third-order valence-electron chi connectivity index (χ3n) is 4.51. The number of benzene rings is 1. The van der Waals surface area contributed by atoms with E-state index in [4.69, 9.17) is 11.6 Å². The molecule has 2 saturated heterocycles. The van der Waals surface area contributed by atoms with Crippen LogP contribution in [-0.2, 0) is 11.3 Å². The first-order chi connectivity index (χ1) is 11.1. The van der Waals surface area contributed by atoms with Crippen LogP contribution >= 0.6 is 11.6 Å². The maximum absolute atomic E-state index is 12.1. The maximum Gasteiger partial charge on any atom is 0.315 e. The Balaban J connectivity index is 1.37. The Morgan fingerprint density at radius 3 is 2.43 bits per heavy atom. The van der Waals surface area contributed by atoms with Crippen LogP contribution in [0.1, 0.15) is 5.56 Å². The van der Waals surface area contributed by atoms with E-state index in [0.717, 1.165) is 31.7 Å². The molecule has 0 unspecified atom stereocenters. The Morgan fingerprint density at radius 2 is 1.78 bits per heavy atom. The van der Waals surface area contributed by atoms with E-state index < -0.39 is 0 Å². The van der Waals surface area contributed by atoms with Gasteiger partial charge in [0.15, 0.2) is 0 Å². The molecule has 2 fully saturated rings. The number of carbonyl (C=O) groups excluding carboxylic acids is 2. The average Bonchev–Trinajstić information content (AvgIpc) is 3.13. The van der Waals surface area contributed by atoms with Crippen LogP contribution in [0.2, 0.25) is 5.02 Å². The summed E-state index contributed by atoms with van der Waals surface area (Å²) in [5.41, 5.74) is 0.954. The number of likely N-dealkylation sites (tertiary alicyclic amines) is 1. The van der Waals surface area contributed by atoms with Crippen molar-refractivity contribution in [2.45, 2.75) is 6.54 Å². The van der Waals surface area contributed by atoms with Crippen LogP contribution in [-0.4, -0.2) is 49.6 Å². The molecular weight excluding hydrogens is 316 g/mol. The third kappa shape index (κ3) is 4.14. The SMILES string of the molecule is O=C(NCC(=O)N1C[C@H]2CNC[C@H]2C1)NCc1ccc(Cl)cc1. The van der Waals surface area contributed by atoms with Crippen molar-refractivity contribution in [3.05, 3.63) is 34.9 Å². The first-order valence-electron chi connectivity index (χ1n) is 7.86. The van der Waals surface area contributed by atoms with Crippen LogP contribution in [0.25, 0.3) is 0 Å². The predicted molar refractivity (Wildman–Crippen MR) is 88.1 cm³/mol. The van der Waals surface area contributed by atoms with Crippen LogP contribution < -0.4 is 16.0 Å². The average molecular weight is 337 g/mol. The largest absolute Gasteiger partial charge is 0.340 e. The van der Waals surface area contributed by atoms with Crippen LogP contribution in [0.4, 0.5) is 4.79 Å². The maximum atomic E-state index is 12.1. The lowest BCUT2D eigenvalue weighted by Gasteiger charge is -2.18. The summed E-state index contributed by atoms with van der Waals surface area (Å²) in [6.07, 6.45) is 0. The van der Waals surface area contributed by atoms with Crippen molar-refractivity contribution in [2.24, 2.45) is 11.8 Å². The van der Waals surface area contributed by atoms with Gasteiger partial charge in [-0.25, -0.2) is 4.79 Å². The number of rotatable bonds is 4. The van der Waals surface area contributed by atoms with Gasteiger partial charge in [-0.05, 0) is 29.5 Å². The molecule has 3 amide bonds. The first kappa shape index (κ1) is 16.1. The van der Waals surface area contributed by atoms with Crippen molar-refractivity contribution in [3.8, 4) is 0 Å². The molecule has 0 bridgehead atoms. The van der Waals surface area contributed by atoms with Crippen LogP contribution in [0.5, 0.6) is 0 Å². The second-order valence-electron chi connectivity index (χ2n) is 6.14. The van der Waals surface area contributed by atoms with Gasteiger partial charge in [0.05, 0.1) is 6.54 Å².